The van der Waals surface area contributed by atoms with Crippen molar-refractivity contribution in [3.63, 3.8) is 0 Å². The lowest BCUT2D eigenvalue weighted by molar-refractivity contribution is -0.137. The normalized spacial score (nSPS) is 10.3. The molecule has 0 N–H and O–H groups in total. The molecule has 0 spiro atoms. The molecule has 0 aliphatic carbocycles. The van der Waals surface area contributed by atoms with Crippen molar-refractivity contribution in [3.8, 4) is 0 Å². The largest absolute Gasteiger partial charge is 0.463 e. The predicted molar refractivity (Wildman–Crippen MR) is 86.9 cm³/mol. The minimum Gasteiger partial charge on any atom is -0.463 e. The summed E-state index contributed by atoms with van der Waals surface area (Å²) in [5.41, 5.74) is 0.994. The molecule has 0 aromatic carbocycles. The summed E-state index contributed by atoms with van der Waals surface area (Å²) < 4.78 is 5.12. The molecule has 0 amide bonds. The van der Waals surface area contributed by atoms with Crippen LogP contribution in [0.5, 0.6) is 0 Å². The monoisotopic (exact) mass is 282 g/mol. The van der Waals surface area contributed by atoms with Crippen LogP contribution in [0.25, 0.3) is 0 Å². The second kappa shape index (κ2) is 14.6. The van der Waals surface area contributed by atoms with Gasteiger partial charge >= 0.3 is 5.97 Å². The van der Waals surface area contributed by atoms with Crippen LogP contribution in [0.1, 0.15) is 91.4 Å². The van der Waals surface area contributed by atoms with Crippen LogP contribution in [0.3, 0.4) is 0 Å². The number of hydrogen-bond donors (Lipinski definition) is 0. The summed E-state index contributed by atoms with van der Waals surface area (Å²) in [7, 11) is 0. The van der Waals surface area contributed by atoms with Crippen molar-refractivity contribution in [2.75, 3.05) is 6.61 Å². The number of ether oxygens (including phenoxy) is 1. The molecule has 0 radical (unpaired) electrons. The summed E-state index contributed by atoms with van der Waals surface area (Å²) in [5, 5.41) is 0. The average molecular weight is 282 g/mol. The van der Waals surface area contributed by atoms with Gasteiger partial charge in [-0.2, -0.15) is 0 Å². The maximum absolute atomic E-state index is 11.2. The van der Waals surface area contributed by atoms with E-state index in [2.05, 4.69) is 6.92 Å². The van der Waals surface area contributed by atoms with Gasteiger partial charge in [0, 0.05) is 6.08 Å². The molecule has 0 atom stereocenters. The first-order chi connectivity index (χ1) is 9.66. The Kier molecular flexibility index (Phi) is 14.0. The highest BCUT2D eigenvalue weighted by Gasteiger charge is 1.97. The predicted octanol–water partition coefficient (Wildman–Crippen LogP) is 5.81. The zero-order valence-corrected chi connectivity index (χ0v) is 13.9. The summed E-state index contributed by atoms with van der Waals surface area (Å²) in [6.45, 7) is 6.64. The topological polar surface area (TPSA) is 26.3 Å². The third kappa shape index (κ3) is 15.3. The number of allylic oxidation sites excluding steroid dienone is 1. The van der Waals surface area contributed by atoms with Gasteiger partial charge < -0.3 is 4.74 Å². The van der Waals surface area contributed by atoms with Gasteiger partial charge in [-0.1, -0.05) is 76.7 Å². The molecule has 0 unspecified atom stereocenters. The molecule has 118 valence electrons. The number of unbranched alkanes of at least 4 members (excludes halogenated alkanes) is 10. The number of rotatable bonds is 13. The van der Waals surface area contributed by atoms with Crippen molar-refractivity contribution in [2.24, 2.45) is 0 Å². The minimum atomic E-state index is -0.197. The number of carbonyl (C=O) groups is 1. The second-order valence-corrected chi connectivity index (χ2v) is 5.92. The zero-order chi connectivity index (χ0) is 15.1. The Morgan fingerprint density at radius 1 is 0.800 bits per heavy atom. The first-order valence-corrected chi connectivity index (χ1v) is 8.48. The van der Waals surface area contributed by atoms with Gasteiger partial charge in [-0.25, -0.2) is 4.79 Å². The molecular formula is C18H34O2. The molecule has 20 heavy (non-hydrogen) atoms. The van der Waals surface area contributed by atoms with Crippen LogP contribution in [0.2, 0.25) is 0 Å². The molecule has 0 aromatic heterocycles. The Bertz CT molecular complexity index is 252. The molecule has 0 fully saturated rings. The van der Waals surface area contributed by atoms with Gasteiger partial charge in [-0.15, -0.1) is 0 Å². The third-order valence-electron chi connectivity index (χ3n) is 3.40. The third-order valence-corrected chi connectivity index (χ3v) is 3.40. The molecule has 0 rings (SSSR count). The van der Waals surface area contributed by atoms with E-state index in [0.29, 0.717) is 6.61 Å². The van der Waals surface area contributed by atoms with Crippen molar-refractivity contribution in [3.05, 3.63) is 11.6 Å². The van der Waals surface area contributed by atoms with E-state index in [0.717, 1.165) is 12.0 Å². The number of carbonyl (C=O) groups excluding carboxylic acids is 1. The van der Waals surface area contributed by atoms with E-state index < -0.39 is 0 Å². The molecular weight excluding hydrogens is 248 g/mol. The first-order valence-electron chi connectivity index (χ1n) is 8.48. The lowest BCUT2D eigenvalue weighted by atomic mass is 10.1. The quantitative estimate of drug-likeness (QED) is 0.242. The van der Waals surface area contributed by atoms with Crippen LogP contribution in [0.4, 0.5) is 0 Å². The fraction of sp³-hybridized carbons (Fsp3) is 0.833. The van der Waals surface area contributed by atoms with Crippen molar-refractivity contribution < 1.29 is 9.53 Å². The Hall–Kier alpha value is -0.790. The van der Waals surface area contributed by atoms with Gasteiger partial charge in [0.25, 0.3) is 0 Å². The van der Waals surface area contributed by atoms with Crippen LogP contribution in [-0.4, -0.2) is 12.6 Å². The highest BCUT2D eigenvalue weighted by molar-refractivity contribution is 5.82. The van der Waals surface area contributed by atoms with E-state index in [4.69, 9.17) is 4.74 Å². The van der Waals surface area contributed by atoms with Crippen LogP contribution in [-0.2, 0) is 9.53 Å². The number of esters is 1. The average Bonchev–Trinajstić information content (AvgIpc) is 2.39. The number of hydrogen-bond acceptors (Lipinski definition) is 2. The molecule has 2 heteroatoms. The van der Waals surface area contributed by atoms with Gasteiger partial charge in [-0.3, -0.25) is 0 Å². The van der Waals surface area contributed by atoms with E-state index >= 15 is 0 Å². The highest BCUT2D eigenvalue weighted by Crippen LogP contribution is 2.11. The lowest BCUT2D eigenvalue weighted by Crippen LogP contribution is -2.02. The highest BCUT2D eigenvalue weighted by atomic mass is 16.5. The van der Waals surface area contributed by atoms with E-state index in [1.807, 2.05) is 13.8 Å². The minimum absolute atomic E-state index is 0.197. The summed E-state index contributed by atoms with van der Waals surface area (Å²) in [6, 6.07) is 0. The van der Waals surface area contributed by atoms with Gasteiger partial charge in [0.1, 0.15) is 0 Å². The Morgan fingerprint density at radius 2 is 1.25 bits per heavy atom. The molecule has 0 aliphatic heterocycles. The molecule has 0 bridgehead atoms. The van der Waals surface area contributed by atoms with Gasteiger partial charge in [-0.05, 0) is 20.3 Å². The Morgan fingerprint density at radius 3 is 1.70 bits per heavy atom. The van der Waals surface area contributed by atoms with E-state index in [-0.39, 0.29) is 5.97 Å². The van der Waals surface area contributed by atoms with Crippen LogP contribution in [0, 0.1) is 0 Å². The molecule has 0 saturated carbocycles. The fourth-order valence-corrected chi connectivity index (χ4v) is 2.22. The molecule has 0 saturated heterocycles. The maximum Gasteiger partial charge on any atom is 0.330 e. The smallest absolute Gasteiger partial charge is 0.330 e. The molecule has 0 aromatic rings. The molecule has 0 heterocycles. The molecule has 0 aliphatic rings. The van der Waals surface area contributed by atoms with Crippen LogP contribution in [0.15, 0.2) is 11.6 Å². The fourth-order valence-electron chi connectivity index (χ4n) is 2.22. The standard InChI is InChI=1S/C18H34O2/c1-4-5-6-7-8-9-10-11-12-13-14-15-20-18(19)16-17(2)3/h16H,4-15H2,1-3H3. The van der Waals surface area contributed by atoms with E-state index in [1.54, 1.807) is 6.08 Å². The molecule has 2 nitrogen and oxygen atoms in total. The van der Waals surface area contributed by atoms with Gasteiger partial charge in [0.2, 0.25) is 0 Å². The lowest BCUT2D eigenvalue weighted by Gasteiger charge is -2.03. The summed E-state index contributed by atoms with van der Waals surface area (Å²) in [5.74, 6) is -0.197. The van der Waals surface area contributed by atoms with Gasteiger partial charge in [0.05, 0.1) is 6.61 Å². The van der Waals surface area contributed by atoms with E-state index in [1.165, 1.54) is 64.2 Å². The van der Waals surface area contributed by atoms with Crippen molar-refractivity contribution in [2.45, 2.75) is 91.4 Å². The zero-order valence-electron chi connectivity index (χ0n) is 13.9. The summed E-state index contributed by atoms with van der Waals surface area (Å²) in [6.07, 6.45) is 16.0. The van der Waals surface area contributed by atoms with Crippen molar-refractivity contribution >= 4 is 5.97 Å². The van der Waals surface area contributed by atoms with Gasteiger partial charge in [0.15, 0.2) is 0 Å². The van der Waals surface area contributed by atoms with E-state index in [9.17, 15) is 4.79 Å². The van der Waals surface area contributed by atoms with Crippen molar-refractivity contribution in [1.82, 2.24) is 0 Å². The van der Waals surface area contributed by atoms with Crippen molar-refractivity contribution in [1.29, 1.82) is 0 Å². The Balaban J connectivity index is 3.13. The van der Waals surface area contributed by atoms with Crippen LogP contribution < -0.4 is 0 Å². The maximum atomic E-state index is 11.2. The van der Waals surface area contributed by atoms with Crippen LogP contribution >= 0.6 is 0 Å². The summed E-state index contributed by atoms with van der Waals surface area (Å²) in [4.78, 5) is 11.2. The Labute approximate surface area is 126 Å². The summed E-state index contributed by atoms with van der Waals surface area (Å²) >= 11 is 0. The SMILES string of the molecule is CCCCCCCCCCCCCOC(=O)C=C(C)C. The second-order valence-electron chi connectivity index (χ2n) is 5.92. The first kappa shape index (κ1) is 19.2.